The van der Waals surface area contributed by atoms with Crippen molar-refractivity contribution in [3.05, 3.63) is 21.9 Å². The van der Waals surface area contributed by atoms with Crippen molar-refractivity contribution >= 4 is 17.3 Å². The highest BCUT2D eigenvalue weighted by atomic mass is 32.1. The van der Waals surface area contributed by atoms with E-state index in [4.69, 9.17) is 5.11 Å². The van der Waals surface area contributed by atoms with Crippen LogP contribution < -0.4 is 0 Å². The van der Waals surface area contributed by atoms with Gasteiger partial charge in [-0.15, -0.1) is 11.3 Å². The Balaban J connectivity index is 2.19. The molecule has 1 saturated carbocycles. The van der Waals surface area contributed by atoms with Gasteiger partial charge in [0.05, 0.1) is 5.56 Å². The van der Waals surface area contributed by atoms with Crippen LogP contribution in [0.15, 0.2) is 11.4 Å². The van der Waals surface area contributed by atoms with Crippen LogP contribution in [0.5, 0.6) is 0 Å². The predicted molar refractivity (Wildman–Crippen MR) is 47.8 cm³/mol. The topological polar surface area (TPSA) is 37.3 Å². The minimum atomic E-state index is -0.814. The van der Waals surface area contributed by atoms with Crippen molar-refractivity contribution in [2.24, 2.45) is 5.92 Å². The van der Waals surface area contributed by atoms with Crippen LogP contribution >= 0.6 is 11.3 Å². The van der Waals surface area contributed by atoms with E-state index < -0.39 is 5.97 Å². The van der Waals surface area contributed by atoms with Crippen LogP contribution in [0.25, 0.3) is 0 Å². The summed E-state index contributed by atoms with van der Waals surface area (Å²) in [6, 6.07) is 1.81. The number of thiophene rings is 1. The van der Waals surface area contributed by atoms with Gasteiger partial charge in [-0.25, -0.2) is 4.79 Å². The normalized spacial score (nSPS) is 27.1. The maximum Gasteiger partial charge on any atom is 0.336 e. The molecule has 0 radical (unpaired) electrons. The molecule has 2 unspecified atom stereocenters. The largest absolute Gasteiger partial charge is 0.478 e. The summed E-state index contributed by atoms with van der Waals surface area (Å²) in [5.74, 6) is 0.583. The first kappa shape index (κ1) is 7.80. The van der Waals surface area contributed by atoms with Gasteiger partial charge in [0, 0.05) is 10.3 Å². The van der Waals surface area contributed by atoms with E-state index in [1.165, 1.54) is 11.3 Å². The van der Waals surface area contributed by atoms with E-state index in [2.05, 4.69) is 6.92 Å². The van der Waals surface area contributed by atoms with E-state index >= 15 is 0 Å². The van der Waals surface area contributed by atoms with Gasteiger partial charge in [0.25, 0.3) is 0 Å². The standard InChI is InChI=1S/C9H10O2S/c1-5-2-7(5)8-3-6(4-12-8)9(10)11/h3-5,7H,2H2,1H3,(H,10,11). The summed E-state index contributed by atoms with van der Waals surface area (Å²) < 4.78 is 0. The number of carbonyl (C=O) groups is 1. The molecule has 1 heterocycles. The molecule has 1 aliphatic carbocycles. The summed E-state index contributed by atoms with van der Waals surface area (Å²) in [5.41, 5.74) is 0.439. The highest BCUT2D eigenvalue weighted by molar-refractivity contribution is 7.10. The summed E-state index contributed by atoms with van der Waals surface area (Å²) in [5, 5.41) is 10.4. The SMILES string of the molecule is CC1CC1c1cc(C(=O)O)cs1. The number of carboxylic acid groups (broad SMARTS) is 1. The van der Waals surface area contributed by atoms with Gasteiger partial charge in [0.15, 0.2) is 0 Å². The van der Waals surface area contributed by atoms with Crippen LogP contribution in [0, 0.1) is 5.92 Å². The fraction of sp³-hybridized carbons (Fsp3) is 0.444. The molecule has 1 aliphatic rings. The molecule has 12 heavy (non-hydrogen) atoms. The molecular formula is C9H10O2S. The lowest BCUT2D eigenvalue weighted by molar-refractivity contribution is 0.0697. The third-order valence-corrected chi connectivity index (χ3v) is 3.41. The Labute approximate surface area is 74.8 Å². The van der Waals surface area contributed by atoms with Crippen molar-refractivity contribution in [2.75, 3.05) is 0 Å². The van der Waals surface area contributed by atoms with Gasteiger partial charge in [0.2, 0.25) is 0 Å². The van der Waals surface area contributed by atoms with Gasteiger partial charge in [-0.2, -0.15) is 0 Å². The molecule has 0 saturated heterocycles. The fourth-order valence-electron chi connectivity index (χ4n) is 1.38. The number of hydrogen-bond donors (Lipinski definition) is 1. The van der Waals surface area contributed by atoms with Crippen molar-refractivity contribution in [3.63, 3.8) is 0 Å². The van der Waals surface area contributed by atoms with Gasteiger partial charge in [-0.1, -0.05) is 6.92 Å². The van der Waals surface area contributed by atoms with E-state index in [-0.39, 0.29) is 0 Å². The Morgan fingerprint density at radius 2 is 2.42 bits per heavy atom. The van der Waals surface area contributed by atoms with Crippen LogP contribution in [0.4, 0.5) is 0 Å². The lowest BCUT2D eigenvalue weighted by atomic mass is 10.2. The van der Waals surface area contributed by atoms with E-state index in [1.54, 1.807) is 22.8 Å². The number of rotatable bonds is 2. The third-order valence-electron chi connectivity index (χ3n) is 2.34. The van der Waals surface area contributed by atoms with Gasteiger partial charge >= 0.3 is 5.97 Å². The number of aromatic carboxylic acids is 1. The summed E-state index contributed by atoms with van der Waals surface area (Å²) in [6.07, 6.45) is 1.22. The van der Waals surface area contributed by atoms with Gasteiger partial charge in [-0.3, -0.25) is 0 Å². The van der Waals surface area contributed by atoms with Crippen LogP contribution in [0.2, 0.25) is 0 Å². The van der Waals surface area contributed by atoms with Crippen molar-refractivity contribution in [1.82, 2.24) is 0 Å². The highest BCUT2D eigenvalue weighted by Crippen LogP contribution is 2.48. The molecule has 0 spiro atoms. The minimum absolute atomic E-state index is 0.439. The second-order valence-corrected chi connectivity index (χ2v) is 4.31. The van der Waals surface area contributed by atoms with Gasteiger partial charge in [0.1, 0.15) is 0 Å². The Morgan fingerprint density at radius 3 is 2.83 bits per heavy atom. The zero-order valence-electron chi connectivity index (χ0n) is 6.78. The fourth-order valence-corrected chi connectivity index (χ4v) is 2.51. The maximum atomic E-state index is 10.5. The maximum absolute atomic E-state index is 10.5. The lowest BCUT2D eigenvalue weighted by Crippen LogP contribution is -1.91. The predicted octanol–water partition coefficient (Wildman–Crippen LogP) is 2.57. The van der Waals surface area contributed by atoms with Crippen LogP contribution in [0.3, 0.4) is 0 Å². The molecule has 1 N–H and O–H groups in total. The Hall–Kier alpha value is -0.830. The smallest absolute Gasteiger partial charge is 0.336 e. The summed E-state index contributed by atoms with van der Waals surface area (Å²) in [7, 11) is 0. The number of hydrogen-bond acceptors (Lipinski definition) is 2. The van der Waals surface area contributed by atoms with Crippen LogP contribution in [0.1, 0.15) is 34.5 Å². The Kier molecular flexibility index (Phi) is 1.68. The molecule has 0 aromatic carbocycles. The molecule has 1 aromatic rings. The zero-order valence-corrected chi connectivity index (χ0v) is 7.60. The van der Waals surface area contributed by atoms with Crippen LogP contribution in [-0.2, 0) is 0 Å². The van der Waals surface area contributed by atoms with Crippen molar-refractivity contribution < 1.29 is 9.90 Å². The minimum Gasteiger partial charge on any atom is -0.478 e. The first-order chi connectivity index (χ1) is 5.68. The van der Waals surface area contributed by atoms with Crippen molar-refractivity contribution in [1.29, 1.82) is 0 Å². The van der Waals surface area contributed by atoms with Gasteiger partial charge < -0.3 is 5.11 Å². The monoisotopic (exact) mass is 182 g/mol. The zero-order chi connectivity index (χ0) is 8.72. The second-order valence-electron chi connectivity index (χ2n) is 3.36. The molecule has 2 atom stereocenters. The van der Waals surface area contributed by atoms with E-state index in [0.717, 1.165) is 5.92 Å². The summed E-state index contributed by atoms with van der Waals surface area (Å²) >= 11 is 1.57. The molecular weight excluding hydrogens is 172 g/mol. The molecule has 1 fully saturated rings. The number of carboxylic acids is 1. The second kappa shape index (κ2) is 2.59. The first-order valence-electron chi connectivity index (χ1n) is 4.00. The van der Waals surface area contributed by atoms with Gasteiger partial charge in [-0.05, 0) is 24.3 Å². The average molecular weight is 182 g/mol. The summed E-state index contributed by atoms with van der Waals surface area (Å²) in [4.78, 5) is 11.8. The molecule has 0 bridgehead atoms. The average Bonchev–Trinajstić information content (AvgIpc) is 2.59. The summed E-state index contributed by atoms with van der Waals surface area (Å²) in [6.45, 7) is 2.20. The quantitative estimate of drug-likeness (QED) is 0.763. The van der Waals surface area contributed by atoms with E-state index in [1.807, 2.05) is 0 Å². The van der Waals surface area contributed by atoms with E-state index in [9.17, 15) is 4.79 Å². The molecule has 1 aromatic heterocycles. The molecule has 64 valence electrons. The molecule has 2 nitrogen and oxygen atoms in total. The highest BCUT2D eigenvalue weighted by Gasteiger charge is 2.35. The molecule has 0 aliphatic heterocycles. The third kappa shape index (κ3) is 1.25. The van der Waals surface area contributed by atoms with Crippen molar-refractivity contribution in [3.8, 4) is 0 Å². The molecule has 2 rings (SSSR count). The first-order valence-corrected chi connectivity index (χ1v) is 4.88. The Morgan fingerprint density at radius 1 is 1.75 bits per heavy atom. The van der Waals surface area contributed by atoms with E-state index in [0.29, 0.717) is 11.5 Å². The molecule has 3 heteroatoms. The molecule has 0 amide bonds. The Bertz CT molecular complexity index is 316. The van der Waals surface area contributed by atoms with Crippen molar-refractivity contribution in [2.45, 2.75) is 19.3 Å². The van der Waals surface area contributed by atoms with Crippen LogP contribution in [-0.4, -0.2) is 11.1 Å². The lowest BCUT2D eigenvalue weighted by Gasteiger charge is -1.87.